The molecule has 0 saturated carbocycles. The van der Waals surface area contributed by atoms with E-state index in [4.69, 9.17) is 11.5 Å². The molecule has 3 rings (SSSR count). The summed E-state index contributed by atoms with van der Waals surface area (Å²) in [6, 6.07) is 0.316. The molecule has 162 valence electrons. The van der Waals surface area contributed by atoms with Gasteiger partial charge in [0.25, 0.3) is 0 Å². The highest BCUT2D eigenvalue weighted by molar-refractivity contribution is 7.16. The first kappa shape index (κ1) is 22.1. The molecule has 1 aromatic carbocycles. The standard InChI is InChI=1S/C18H14F4N6O2S/c1-8(29)14(9-5-25-15(23)26-6-9)13-7-27-17(31-13)28(16(24)30)12-4-10(18(20,21)22)2-3-11(12)19/h2-7,14H,1H3,(H2,24,30)(H2,23,25,26). The molecule has 0 aliphatic rings. The number of Topliss-reactive ketones (excluding diaryl/α,β-unsaturated/α-hetero) is 1. The lowest BCUT2D eigenvalue weighted by Crippen LogP contribution is -2.32. The molecular weight excluding hydrogens is 440 g/mol. The van der Waals surface area contributed by atoms with Crippen molar-refractivity contribution in [2.45, 2.75) is 19.0 Å². The summed E-state index contributed by atoms with van der Waals surface area (Å²) in [4.78, 5) is 36.7. The van der Waals surface area contributed by atoms with Crippen LogP contribution in [0.2, 0.25) is 0 Å². The van der Waals surface area contributed by atoms with Crippen molar-refractivity contribution in [3.8, 4) is 0 Å². The average molecular weight is 454 g/mol. The monoisotopic (exact) mass is 454 g/mol. The average Bonchev–Trinajstić information content (AvgIpc) is 3.12. The Balaban J connectivity index is 2.07. The molecular formula is C18H14F4N6O2S. The summed E-state index contributed by atoms with van der Waals surface area (Å²) in [5, 5.41) is -0.219. The van der Waals surface area contributed by atoms with Gasteiger partial charge < -0.3 is 11.5 Å². The van der Waals surface area contributed by atoms with Crippen LogP contribution in [0.1, 0.15) is 28.8 Å². The second-order valence-corrected chi connectivity index (χ2v) is 7.34. The Morgan fingerprint density at radius 2 is 1.77 bits per heavy atom. The van der Waals surface area contributed by atoms with Gasteiger partial charge in [-0.2, -0.15) is 13.2 Å². The molecule has 0 bridgehead atoms. The molecule has 0 aliphatic carbocycles. The van der Waals surface area contributed by atoms with E-state index in [-0.39, 0.29) is 16.9 Å². The largest absolute Gasteiger partial charge is 0.416 e. The van der Waals surface area contributed by atoms with Crippen LogP contribution in [0.15, 0.2) is 36.8 Å². The molecule has 0 saturated heterocycles. The molecule has 0 spiro atoms. The number of carbonyl (C=O) groups excluding carboxylic acids is 2. The second kappa shape index (κ2) is 8.26. The topological polar surface area (TPSA) is 128 Å². The quantitative estimate of drug-likeness (QED) is 0.567. The van der Waals surface area contributed by atoms with E-state index in [1.807, 2.05) is 0 Å². The van der Waals surface area contributed by atoms with Crippen molar-refractivity contribution in [2.24, 2.45) is 5.73 Å². The minimum Gasteiger partial charge on any atom is -0.368 e. The number of aromatic nitrogens is 3. The van der Waals surface area contributed by atoms with Gasteiger partial charge in [0.2, 0.25) is 5.95 Å². The Morgan fingerprint density at radius 3 is 2.32 bits per heavy atom. The van der Waals surface area contributed by atoms with E-state index in [0.717, 1.165) is 11.3 Å². The number of rotatable bonds is 5. The lowest BCUT2D eigenvalue weighted by atomic mass is 9.97. The van der Waals surface area contributed by atoms with Crippen molar-refractivity contribution in [1.29, 1.82) is 0 Å². The van der Waals surface area contributed by atoms with Gasteiger partial charge >= 0.3 is 12.2 Å². The Kier molecular flexibility index (Phi) is 5.88. The number of urea groups is 1. The lowest BCUT2D eigenvalue weighted by Gasteiger charge is -2.19. The predicted octanol–water partition coefficient (Wildman–Crippen LogP) is 3.61. The number of nitrogens with two attached hydrogens (primary N) is 2. The summed E-state index contributed by atoms with van der Waals surface area (Å²) < 4.78 is 53.5. The number of alkyl halides is 3. The lowest BCUT2D eigenvalue weighted by molar-refractivity contribution is -0.137. The molecule has 1 unspecified atom stereocenters. The van der Waals surface area contributed by atoms with Crippen LogP contribution in [0, 0.1) is 5.82 Å². The Labute approximate surface area is 176 Å². The first-order valence-electron chi connectivity index (χ1n) is 8.49. The number of anilines is 3. The minimum absolute atomic E-state index is 0.00373. The third-order valence-electron chi connectivity index (χ3n) is 4.15. The SMILES string of the molecule is CC(=O)C(c1cnc(N)nc1)c1cnc(N(C(N)=O)c2cc(C(F)(F)F)ccc2F)s1. The first-order chi connectivity index (χ1) is 14.5. The summed E-state index contributed by atoms with van der Waals surface area (Å²) in [5.74, 6) is -2.32. The van der Waals surface area contributed by atoms with Gasteiger partial charge in [-0.1, -0.05) is 0 Å². The van der Waals surface area contributed by atoms with Crippen molar-refractivity contribution in [3.05, 3.63) is 58.6 Å². The van der Waals surface area contributed by atoms with E-state index in [9.17, 15) is 27.2 Å². The summed E-state index contributed by atoms with van der Waals surface area (Å²) in [6.45, 7) is 1.30. The fraction of sp³-hybridized carbons (Fsp3) is 0.167. The van der Waals surface area contributed by atoms with Crippen LogP contribution in [-0.4, -0.2) is 26.8 Å². The number of thiazole rings is 1. The minimum atomic E-state index is -4.77. The van der Waals surface area contributed by atoms with Crippen LogP contribution < -0.4 is 16.4 Å². The zero-order valence-electron chi connectivity index (χ0n) is 15.7. The third-order valence-corrected chi connectivity index (χ3v) is 5.20. The van der Waals surface area contributed by atoms with E-state index in [1.54, 1.807) is 0 Å². The van der Waals surface area contributed by atoms with E-state index in [0.29, 0.717) is 33.5 Å². The zero-order valence-corrected chi connectivity index (χ0v) is 16.5. The Hall–Kier alpha value is -3.61. The number of benzene rings is 1. The fourth-order valence-electron chi connectivity index (χ4n) is 2.79. The zero-order chi connectivity index (χ0) is 22.9. The van der Waals surface area contributed by atoms with Crippen LogP contribution in [0.4, 0.5) is 39.1 Å². The van der Waals surface area contributed by atoms with Crippen LogP contribution in [-0.2, 0) is 11.0 Å². The van der Waals surface area contributed by atoms with Crippen molar-refractivity contribution in [2.75, 3.05) is 10.6 Å². The number of carbonyl (C=O) groups is 2. The normalized spacial score (nSPS) is 12.4. The predicted molar refractivity (Wildman–Crippen MR) is 104 cm³/mol. The summed E-state index contributed by atoms with van der Waals surface area (Å²) in [7, 11) is 0. The molecule has 0 aliphatic heterocycles. The highest BCUT2D eigenvalue weighted by atomic mass is 32.1. The van der Waals surface area contributed by atoms with Gasteiger partial charge in [-0.15, -0.1) is 11.3 Å². The molecule has 1 atom stereocenters. The van der Waals surface area contributed by atoms with Crippen LogP contribution in [0.25, 0.3) is 0 Å². The first-order valence-corrected chi connectivity index (χ1v) is 9.30. The molecule has 2 heterocycles. The van der Waals surface area contributed by atoms with E-state index >= 15 is 0 Å². The summed E-state index contributed by atoms with van der Waals surface area (Å²) in [5.41, 5.74) is 9.24. The van der Waals surface area contributed by atoms with Gasteiger partial charge in [0.1, 0.15) is 11.6 Å². The van der Waals surface area contributed by atoms with Crippen LogP contribution >= 0.6 is 11.3 Å². The highest BCUT2D eigenvalue weighted by Crippen LogP contribution is 2.39. The van der Waals surface area contributed by atoms with Crippen LogP contribution in [0.3, 0.4) is 0 Å². The van der Waals surface area contributed by atoms with Gasteiger partial charge in [-0.05, 0) is 25.1 Å². The molecule has 0 radical (unpaired) electrons. The van der Waals surface area contributed by atoms with Crippen molar-refractivity contribution < 1.29 is 27.2 Å². The van der Waals surface area contributed by atoms with Gasteiger partial charge in [0.05, 0.1) is 17.2 Å². The number of primary amides is 1. The molecule has 2 amide bonds. The van der Waals surface area contributed by atoms with E-state index in [2.05, 4.69) is 15.0 Å². The fourth-order valence-corrected chi connectivity index (χ4v) is 3.91. The van der Waals surface area contributed by atoms with Crippen molar-refractivity contribution in [1.82, 2.24) is 15.0 Å². The number of nitrogen functional groups attached to an aromatic ring is 1. The van der Waals surface area contributed by atoms with E-state index < -0.39 is 35.2 Å². The highest BCUT2D eigenvalue weighted by Gasteiger charge is 2.33. The molecule has 2 aromatic heterocycles. The molecule has 0 fully saturated rings. The number of halogens is 4. The van der Waals surface area contributed by atoms with E-state index in [1.165, 1.54) is 25.5 Å². The Morgan fingerprint density at radius 1 is 1.13 bits per heavy atom. The molecule has 31 heavy (non-hydrogen) atoms. The maximum atomic E-state index is 14.3. The summed E-state index contributed by atoms with van der Waals surface area (Å²) >= 11 is 0.780. The maximum absolute atomic E-state index is 14.3. The maximum Gasteiger partial charge on any atom is 0.416 e. The molecule has 8 nitrogen and oxygen atoms in total. The number of hydrogen-bond donors (Lipinski definition) is 2. The smallest absolute Gasteiger partial charge is 0.368 e. The third kappa shape index (κ3) is 4.60. The van der Waals surface area contributed by atoms with Crippen molar-refractivity contribution in [3.63, 3.8) is 0 Å². The van der Waals surface area contributed by atoms with Crippen LogP contribution in [0.5, 0.6) is 0 Å². The number of hydrogen-bond acceptors (Lipinski definition) is 7. The van der Waals surface area contributed by atoms with Gasteiger partial charge in [0, 0.05) is 29.0 Å². The second-order valence-electron chi connectivity index (χ2n) is 6.30. The van der Waals surface area contributed by atoms with Gasteiger partial charge in [0.15, 0.2) is 5.13 Å². The molecule has 4 N–H and O–H groups in total. The number of nitrogens with zero attached hydrogens (tertiary/aromatic N) is 4. The number of amides is 2. The molecule has 13 heteroatoms. The Bertz CT molecular complexity index is 1130. The van der Waals surface area contributed by atoms with Crippen molar-refractivity contribution >= 4 is 39.9 Å². The van der Waals surface area contributed by atoms with Gasteiger partial charge in [-0.25, -0.2) is 29.0 Å². The van der Waals surface area contributed by atoms with Gasteiger partial charge in [-0.3, -0.25) is 4.79 Å². The summed E-state index contributed by atoms with van der Waals surface area (Å²) in [6.07, 6.45) is -0.850. The number of ketones is 1. The molecule has 3 aromatic rings.